The van der Waals surface area contributed by atoms with E-state index in [4.69, 9.17) is 32.7 Å². The molecule has 2 aromatic carbocycles. The minimum Gasteiger partial charge on any atom is -0.486 e. The topological polar surface area (TPSA) is 55.8 Å². The van der Waals surface area contributed by atoms with Crippen LogP contribution >= 0.6 is 23.2 Å². The summed E-state index contributed by atoms with van der Waals surface area (Å²) in [6.45, 7) is 3.09. The van der Waals surface area contributed by atoms with Crippen molar-refractivity contribution in [1.82, 2.24) is 4.31 Å². The Balaban J connectivity index is 1.91. The molecule has 0 atom stereocenters. The summed E-state index contributed by atoms with van der Waals surface area (Å²) in [5, 5.41) is 0.940. The third-order valence-corrected chi connectivity index (χ3v) is 6.37. The summed E-state index contributed by atoms with van der Waals surface area (Å²) in [5.74, 6) is 0.988. The average molecular weight is 402 g/mol. The van der Waals surface area contributed by atoms with Crippen LogP contribution in [0.4, 0.5) is 0 Å². The van der Waals surface area contributed by atoms with Crippen molar-refractivity contribution in [2.75, 3.05) is 19.8 Å². The number of hydrogen-bond donors (Lipinski definition) is 0. The predicted molar refractivity (Wildman–Crippen MR) is 97.2 cm³/mol. The standard InChI is InChI=1S/C17H17Cl2NO4S/c1-2-20(11-12-3-4-13(18)9-15(12)19)25(21,22)14-5-6-16-17(10-14)24-8-7-23-16/h3-6,9-10H,2,7-8,11H2,1H3. The molecule has 0 bridgehead atoms. The van der Waals surface area contributed by atoms with Gasteiger partial charge in [0.05, 0.1) is 4.90 Å². The van der Waals surface area contributed by atoms with Crippen LogP contribution in [-0.2, 0) is 16.6 Å². The Hall–Kier alpha value is -1.47. The highest BCUT2D eigenvalue weighted by molar-refractivity contribution is 7.89. The molecule has 0 aromatic heterocycles. The lowest BCUT2D eigenvalue weighted by Crippen LogP contribution is -2.30. The van der Waals surface area contributed by atoms with E-state index < -0.39 is 10.0 Å². The van der Waals surface area contributed by atoms with Crippen molar-refractivity contribution < 1.29 is 17.9 Å². The largest absolute Gasteiger partial charge is 0.486 e. The van der Waals surface area contributed by atoms with Gasteiger partial charge in [-0.05, 0) is 29.8 Å². The second kappa shape index (κ2) is 7.41. The van der Waals surface area contributed by atoms with Gasteiger partial charge in [0.1, 0.15) is 13.2 Å². The molecule has 25 heavy (non-hydrogen) atoms. The van der Waals surface area contributed by atoms with E-state index in [0.29, 0.717) is 46.9 Å². The van der Waals surface area contributed by atoms with Crippen LogP contribution in [0.2, 0.25) is 10.0 Å². The van der Waals surface area contributed by atoms with Crippen molar-refractivity contribution in [2.45, 2.75) is 18.4 Å². The van der Waals surface area contributed by atoms with E-state index in [1.165, 1.54) is 16.4 Å². The zero-order valence-electron chi connectivity index (χ0n) is 13.5. The quantitative estimate of drug-likeness (QED) is 0.760. The summed E-state index contributed by atoms with van der Waals surface area (Å²) < 4.78 is 38.3. The summed E-state index contributed by atoms with van der Waals surface area (Å²) in [5.41, 5.74) is 0.689. The summed E-state index contributed by atoms with van der Waals surface area (Å²) in [6, 6.07) is 9.65. The van der Waals surface area contributed by atoms with Gasteiger partial charge in [0, 0.05) is 29.2 Å². The molecule has 0 radical (unpaired) electrons. The molecule has 1 aliphatic heterocycles. The lowest BCUT2D eigenvalue weighted by atomic mass is 10.2. The van der Waals surface area contributed by atoms with Crippen molar-refractivity contribution in [3.63, 3.8) is 0 Å². The van der Waals surface area contributed by atoms with E-state index >= 15 is 0 Å². The minimum absolute atomic E-state index is 0.156. The van der Waals surface area contributed by atoms with Crippen molar-refractivity contribution in [1.29, 1.82) is 0 Å². The Bertz CT molecular complexity index is 886. The average Bonchev–Trinajstić information content (AvgIpc) is 2.60. The molecule has 0 N–H and O–H groups in total. The van der Waals surface area contributed by atoms with Gasteiger partial charge in [-0.1, -0.05) is 36.2 Å². The normalized spacial score (nSPS) is 13.9. The SMILES string of the molecule is CCN(Cc1ccc(Cl)cc1Cl)S(=O)(=O)c1ccc2c(c1)OCCO2. The summed E-state index contributed by atoms with van der Waals surface area (Å²) >= 11 is 12.1. The van der Waals surface area contributed by atoms with Gasteiger partial charge >= 0.3 is 0 Å². The first-order valence-electron chi connectivity index (χ1n) is 7.75. The van der Waals surface area contributed by atoms with Gasteiger partial charge in [-0.2, -0.15) is 4.31 Å². The molecule has 0 fully saturated rings. The highest BCUT2D eigenvalue weighted by Crippen LogP contribution is 2.33. The van der Waals surface area contributed by atoms with Gasteiger partial charge in [0.15, 0.2) is 11.5 Å². The van der Waals surface area contributed by atoms with Gasteiger partial charge in [-0.25, -0.2) is 8.42 Å². The van der Waals surface area contributed by atoms with Crippen LogP contribution in [0.25, 0.3) is 0 Å². The molecule has 0 amide bonds. The molecule has 0 aliphatic carbocycles. The van der Waals surface area contributed by atoms with E-state index in [1.807, 2.05) is 0 Å². The van der Waals surface area contributed by atoms with Crippen molar-refractivity contribution in [2.24, 2.45) is 0 Å². The van der Waals surface area contributed by atoms with Crippen molar-refractivity contribution >= 4 is 33.2 Å². The highest BCUT2D eigenvalue weighted by atomic mass is 35.5. The molecule has 0 unspecified atom stereocenters. The molecule has 0 spiro atoms. The smallest absolute Gasteiger partial charge is 0.243 e. The molecule has 5 nitrogen and oxygen atoms in total. The molecular weight excluding hydrogens is 385 g/mol. The molecule has 3 rings (SSSR count). The molecular formula is C17H17Cl2NO4S. The molecule has 134 valence electrons. The van der Waals surface area contributed by atoms with Crippen LogP contribution in [0, 0.1) is 0 Å². The monoisotopic (exact) mass is 401 g/mol. The van der Waals surface area contributed by atoms with Gasteiger partial charge in [0.25, 0.3) is 0 Å². The number of ether oxygens (including phenoxy) is 2. The molecule has 2 aromatic rings. The van der Waals surface area contributed by atoms with Crippen LogP contribution in [0.3, 0.4) is 0 Å². The minimum atomic E-state index is -3.70. The van der Waals surface area contributed by atoms with Crippen molar-refractivity contribution in [3.8, 4) is 11.5 Å². The number of rotatable bonds is 5. The number of halogens is 2. The Kier molecular flexibility index (Phi) is 5.43. The zero-order valence-corrected chi connectivity index (χ0v) is 15.9. The first-order valence-corrected chi connectivity index (χ1v) is 9.95. The lowest BCUT2D eigenvalue weighted by Gasteiger charge is -2.23. The second-order valence-electron chi connectivity index (χ2n) is 5.47. The zero-order chi connectivity index (χ0) is 18.0. The summed E-state index contributed by atoms with van der Waals surface area (Å²) in [4.78, 5) is 0.156. The fourth-order valence-electron chi connectivity index (χ4n) is 2.54. The maximum Gasteiger partial charge on any atom is 0.243 e. The molecule has 0 saturated carbocycles. The van der Waals surface area contributed by atoms with Crippen LogP contribution in [0.1, 0.15) is 12.5 Å². The molecule has 8 heteroatoms. The highest BCUT2D eigenvalue weighted by Gasteiger charge is 2.26. The fraction of sp³-hybridized carbons (Fsp3) is 0.294. The van der Waals surface area contributed by atoms with Gasteiger partial charge < -0.3 is 9.47 Å². The van der Waals surface area contributed by atoms with Crippen molar-refractivity contribution in [3.05, 3.63) is 52.0 Å². The number of sulfonamides is 1. The lowest BCUT2D eigenvalue weighted by molar-refractivity contribution is 0.171. The molecule has 0 saturated heterocycles. The van der Waals surface area contributed by atoms with Crippen LogP contribution in [0.15, 0.2) is 41.3 Å². The van der Waals surface area contributed by atoms with Gasteiger partial charge in [-0.15, -0.1) is 0 Å². The number of nitrogens with zero attached hydrogens (tertiary/aromatic N) is 1. The third-order valence-electron chi connectivity index (χ3n) is 3.87. The first-order chi connectivity index (χ1) is 11.9. The Morgan fingerprint density at radius 3 is 2.44 bits per heavy atom. The summed E-state index contributed by atoms with van der Waals surface area (Å²) in [6.07, 6.45) is 0. The number of benzene rings is 2. The Labute approximate surface area is 157 Å². The van der Waals surface area contributed by atoms with E-state index in [2.05, 4.69) is 0 Å². The Morgan fingerprint density at radius 2 is 1.76 bits per heavy atom. The molecule has 1 aliphatic rings. The van der Waals surface area contributed by atoms with E-state index in [1.54, 1.807) is 31.2 Å². The van der Waals surface area contributed by atoms with E-state index in [0.717, 1.165) is 0 Å². The van der Waals surface area contributed by atoms with Gasteiger partial charge in [-0.3, -0.25) is 0 Å². The first kappa shape index (κ1) is 18.3. The van der Waals surface area contributed by atoms with E-state index in [-0.39, 0.29) is 11.4 Å². The maximum atomic E-state index is 13.0. The predicted octanol–water partition coefficient (Wildman–Crippen LogP) is 3.98. The van der Waals surface area contributed by atoms with Gasteiger partial charge in [0.2, 0.25) is 10.0 Å². The van der Waals surface area contributed by atoms with Crippen LogP contribution < -0.4 is 9.47 Å². The van der Waals surface area contributed by atoms with E-state index in [9.17, 15) is 8.42 Å². The van der Waals surface area contributed by atoms with Crippen LogP contribution in [0.5, 0.6) is 11.5 Å². The van der Waals surface area contributed by atoms with Crippen LogP contribution in [-0.4, -0.2) is 32.5 Å². The second-order valence-corrected chi connectivity index (χ2v) is 8.25. The fourth-order valence-corrected chi connectivity index (χ4v) is 4.45. The molecule has 1 heterocycles. The number of hydrogen-bond acceptors (Lipinski definition) is 4. The maximum absolute atomic E-state index is 13.0. The number of fused-ring (bicyclic) bond motifs is 1. The Morgan fingerprint density at radius 1 is 1.04 bits per heavy atom. The third kappa shape index (κ3) is 3.87. The summed E-state index contributed by atoms with van der Waals surface area (Å²) in [7, 11) is -3.70.